The first-order chi connectivity index (χ1) is 12.8. The van der Waals surface area contributed by atoms with Crippen molar-refractivity contribution in [1.82, 2.24) is 10.2 Å². The van der Waals surface area contributed by atoms with Gasteiger partial charge in [0.15, 0.2) is 0 Å². The number of anilines is 1. The molecule has 5 nitrogen and oxygen atoms in total. The molecule has 2 bridgehead atoms. The normalized spacial score (nSPS) is 30.6. The van der Waals surface area contributed by atoms with Crippen LogP contribution in [0.4, 0.5) is 18.9 Å². The smallest absolute Gasteiger partial charge is 0.344 e. The molecule has 1 N–H and O–H groups in total. The summed E-state index contributed by atoms with van der Waals surface area (Å²) in [6.45, 7) is 3.08. The highest BCUT2D eigenvalue weighted by molar-refractivity contribution is 6.01. The summed E-state index contributed by atoms with van der Waals surface area (Å²) in [5.74, 6) is -0.317. The second kappa shape index (κ2) is 6.51. The van der Waals surface area contributed by atoms with Crippen LogP contribution >= 0.6 is 0 Å². The number of amides is 2. The number of nitrogens with zero attached hydrogens (tertiary/aromatic N) is 2. The molecule has 8 heteroatoms. The number of rotatable bonds is 3. The Morgan fingerprint density at radius 3 is 2.56 bits per heavy atom. The summed E-state index contributed by atoms with van der Waals surface area (Å²) in [7, 11) is 0. The fourth-order valence-corrected chi connectivity index (χ4v) is 4.51. The Balaban J connectivity index is 1.42. The third-order valence-electron chi connectivity index (χ3n) is 6.06. The van der Waals surface area contributed by atoms with Gasteiger partial charge < -0.3 is 15.1 Å². The predicted octanol–water partition coefficient (Wildman–Crippen LogP) is 2.41. The van der Waals surface area contributed by atoms with E-state index in [9.17, 15) is 22.8 Å². The fraction of sp³-hybridized carbons (Fsp3) is 0.579. The third-order valence-corrected chi connectivity index (χ3v) is 6.06. The third kappa shape index (κ3) is 3.31. The molecule has 2 amide bonds. The molecule has 0 spiro atoms. The number of carbonyl (C=O) groups is 2. The van der Waals surface area contributed by atoms with Gasteiger partial charge in [-0.1, -0.05) is 0 Å². The Hall–Kier alpha value is -2.09. The lowest BCUT2D eigenvalue weighted by molar-refractivity contribution is -0.137. The van der Waals surface area contributed by atoms with Crippen molar-refractivity contribution in [3.63, 3.8) is 0 Å². The quantitative estimate of drug-likeness (QED) is 0.875. The topological polar surface area (TPSA) is 52.7 Å². The highest BCUT2D eigenvalue weighted by Gasteiger charge is 2.48. The molecule has 1 aromatic carbocycles. The lowest BCUT2D eigenvalue weighted by atomic mass is 9.80. The van der Waals surface area contributed by atoms with Gasteiger partial charge in [0.2, 0.25) is 11.8 Å². The highest BCUT2D eigenvalue weighted by atomic mass is 19.4. The van der Waals surface area contributed by atoms with E-state index in [-0.39, 0.29) is 17.2 Å². The first-order valence-corrected chi connectivity index (χ1v) is 9.30. The number of fused-ring (bicyclic) bond motifs is 2. The van der Waals surface area contributed by atoms with Crippen LogP contribution in [0.3, 0.4) is 0 Å². The van der Waals surface area contributed by atoms with E-state index in [1.54, 1.807) is 0 Å². The van der Waals surface area contributed by atoms with Crippen molar-refractivity contribution >= 4 is 17.5 Å². The zero-order valence-corrected chi connectivity index (χ0v) is 14.9. The van der Waals surface area contributed by atoms with E-state index in [1.807, 2.05) is 0 Å². The molecule has 3 fully saturated rings. The number of benzene rings is 1. The summed E-state index contributed by atoms with van der Waals surface area (Å²) in [5.41, 5.74) is -0.710. The van der Waals surface area contributed by atoms with Crippen LogP contribution in [0.2, 0.25) is 0 Å². The summed E-state index contributed by atoms with van der Waals surface area (Å²) in [5, 5.41) is 2.92. The van der Waals surface area contributed by atoms with E-state index >= 15 is 0 Å². The lowest BCUT2D eigenvalue weighted by Crippen LogP contribution is -2.51. The minimum Gasteiger partial charge on any atom is -0.344 e. The van der Waals surface area contributed by atoms with Gasteiger partial charge >= 0.3 is 6.18 Å². The van der Waals surface area contributed by atoms with Crippen LogP contribution in [-0.2, 0) is 15.8 Å². The molecule has 27 heavy (non-hydrogen) atoms. The van der Waals surface area contributed by atoms with Crippen molar-refractivity contribution in [2.24, 2.45) is 5.41 Å². The Morgan fingerprint density at radius 2 is 1.85 bits per heavy atom. The maximum atomic E-state index is 12.8. The summed E-state index contributed by atoms with van der Waals surface area (Å²) in [6, 6.07) is 3.95. The Morgan fingerprint density at radius 1 is 1.11 bits per heavy atom. The van der Waals surface area contributed by atoms with Gasteiger partial charge in [0, 0.05) is 18.8 Å². The average molecular weight is 381 g/mol. The molecule has 3 atom stereocenters. The number of alkyl halides is 3. The van der Waals surface area contributed by atoms with E-state index in [1.165, 1.54) is 17.0 Å². The molecule has 0 radical (unpaired) electrons. The lowest BCUT2D eigenvalue weighted by Gasteiger charge is -2.33. The maximum absolute atomic E-state index is 12.8. The Kier molecular flexibility index (Phi) is 4.41. The van der Waals surface area contributed by atoms with Gasteiger partial charge in [-0.05, 0) is 63.0 Å². The van der Waals surface area contributed by atoms with Crippen LogP contribution in [0.5, 0.6) is 0 Å². The van der Waals surface area contributed by atoms with Crippen LogP contribution < -0.4 is 10.2 Å². The van der Waals surface area contributed by atoms with E-state index in [4.69, 9.17) is 0 Å². The second-order valence-corrected chi connectivity index (χ2v) is 7.76. The first-order valence-electron chi connectivity index (χ1n) is 9.30. The van der Waals surface area contributed by atoms with Gasteiger partial charge in [0.25, 0.3) is 0 Å². The summed E-state index contributed by atoms with van der Waals surface area (Å²) in [6.07, 6.45) is -1.28. The van der Waals surface area contributed by atoms with Gasteiger partial charge in [0.05, 0.1) is 11.0 Å². The molecule has 3 unspecified atom stereocenters. The van der Waals surface area contributed by atoms with Gasteiger partial charge in [0.1, 0.15) is 6.04 Å². The monoisotopic (exact) mass is 381 g/mol. The van der Waals surface area contributed by atoms with Crippen molar-refractivity contribution in [1.29, 1.82) is 0 Å². The van der Waals surface area contributed by atoms with Crippen LogP contribution in [0.25, 0.3) is 0 Å². The molecular weight excluding hydrogens is 359 g/mol. The van der Waals surface area contributed by atoms with E-state index in [0.717, 1.165) is 51.0 Å². The Labute approximate surface area is 155 Å². The molecule has 1 aromatic rings. The summed E-state index contributed by atoms with van der Waals surface area (Å²) >= 11 is 0. The number of hydrogen-bond donors (Lipinski definition) is 1. The number of hydrogen-bond acceptors (Lipinski definition) is 3. The van der Waals surface area contributed by atoms with Crippen molar-refractivity contribution < 1.29 is 22.8 Å². The maximum Gasteiger partial charge on any atom is 0.416 e. The van der Waals surface area contributed by atoms with Crippen molar-refractivity contribution in [2.45, 2.75) is 37.9 Å². The van der Waals surface area contributed by atoms with Crippen molar-refractivity contribution in [3.05, 3.63) is 29.8 Å². The molecule has 4 rings (SSSR count). The van der Waals surface area contributed by atoms with Gasteiger partial charge in [-0.15, -0.1) is 0 Å². The van der Waals surface area contributed by atoms with Crippen LogP contribution in [0.1, 0.15) is 31.2 Å². The SMILES string of the molecule is O=C1C(NC(=O)C23CCCN(CC2)C3)CCN1c1ccc(C(F)(F)F)cc1. The van der Waals surface area contributed by atoms with E-state index in [2.05, 4.69) is 10.2 Å². The van der Waals surface area contributed by atoms with Gasteiger partial charge in [-0.25, -0.2) is 0 Å². The van der Waals surface area contributed by atoms with E-state index < -0.39 is 17.8 Å². The predicted molar refractivity (Wildman–Crippen MR) is 93.1 cm³/mol. The molecule has 3 aliphatic rings. The fourth-order valence-electron chi connectivity index (χ4n) is 4.51. The van der Waals surface area contributed by atoms with Crippen molar-refractivity contribution in [3.8, 4) is 0 Å². The second-order valence-electron chi connectivity index (χ2n) is 7.76. The number of nitrogens with one attached hydrogen (secondary N) is 1. The minimum atomic E-state index is -4.40. The van der Waals surface area contributed by atoms with Crippen molar-refractivity contribution in [2.75, 3.05) is 31.1 Å². The molecule has 0 aromatic heterocycles. The Bertz CT molecular complexity index is 746. The molecule has 3 saturated heterocycles. The van der Waals surface area contributed by atoms with Crippen LogP contribution in [-0.4, -0.2) is 48.9 Å². The largest absolute Gasteiger partial charge is 0.416 e. The summed E-state index contributed by atoms with van der Waals surface area (Å²) < 4.78 is 38.1. The minimum absolute atomic E-state index is 0.0580. The first kappa shape index (κ1) is 18.3. The van der Waals surface area contributed by atoms with Gasteiger partial charge in [-0.2, -0.15) is 13.2 Å². The van der Waals surface area contributed by atoms with E-state index in [0.29, 0.717) is 18.7 Å². The number of piperidine rings is 1. The summed E-state index contributed by atoms with van der Waals surface area (Å²) in [4.78, 5) is 29.3. The zero-order valence-electron chi connectivity index (χ0n) is 14.9. The molecule has 146 valence electrons. The molecule has 3 heterocycles. The standard InChI is InChI=1S/C19H22F3N3O2/c20-19(21,22)13-2-4-14(5-3-13)25-10-6-15(16(25)26)23-17(27)18-7-1-9-24(12-18)11-8-18/h2-5,15H,1,6-12H2,(H,23,27). The molecule has 0 saturated carbocycles. The number of carbonyl (C=O) groups excluding carboxylic acids is 2. The molecule has 0 aliphatic carbocycles. The molecule has 3 aliphatic heterocycles. The highest BCUT2D eigenvalue weighted by Crippen LogP contribution is 2.40. The number of halogens is 3. The van der Waals surface area contributed by atoms with Crippen LogP contribution in [0, 0.1) is 5.41 Å². The molecular formula is C19H22F3N3O2. The van der Waals surface area contributed by atoms with Crippen LogP contribution in [0.15, 0.2) is 24.3 Å². The van der Waals surface area contributed by atoms with Gasteiger partial charge in [-0.3, -0.25) is 9.59 Å². The average Bonchev–Trinajstić information content (AvgIpc) is 3.15. The zero-order chi connectivity index (χ0) is 19.2.